The van der Waals surface area contributed by atoms with Crippen LogP contribution >= 0.6 is 0 Å². The number of nitrogens with zero attached hydrogens (tertiary/aromatic N) is 2. The largest absolute Gasteiger partial charge is 0.317 e. The molecule has 89 valence electrons. The summed E-state index contributed by atoms with van der Waals surface area (Å²) in [6.45, 7) is 5.10. The van der Waals surface area contributed by atoms with Crippen molar-refractivity contribution in [2.24, 2.45) is 0 Å². The summed E-state index contributed by atoms with van der Waals surface area (Å²) >= 11 is 0. The first kappa shape index (κ1) is 11.0. The van der Waals surface area contributed by atoms with Gasteiger partial charge in [0.15, 0.2) is 6.33 Å². The molecule has 18 heavy (non-hydrogen) atoms. The monoisotopic (exact) mass is 235 g/mol. The number of aromatic nitrogens is 2. The lowest BCUT2D eigenvalue weighted by molar-refractivity contribution is 0.810. The molecular weight excluding hydrogens is 220 g/mol. The standard InChI is InChI=1S/C16H15N2/c1-12-7-8-13(2)14(9-12)10-18-11-17-15-5-3-4-6-16(15)18/h3-9H,10H2,1-2H3. The van der Waals surface area contributed by atoms with Crippen molar-refractivity contribution in [3.05, 3.63) is 65.5 Å². The number of rotatable bonds is 2. The minimum atomic E-state index is 0.827. The Kier molecular flexibility index (Phi) is 2.63. The maximum atomic E-state index is 4.30. The van der Waals surface area contributed by atoms with Crippen LogP contribution in [0.15, 0.2) is 42.5 Å². The van der Waals surface area contributed by atoms with Gasteiger partial charge in [0.25, 0.3) is 0 Å². The zero-order valence-electron chi connectivity index (χ0n) is 10.6. The van der Waals surface area contributed by atoms with Crippen LogP contribution in [0.3, 0.4) is 0 Å². The van der Waals surface area contributed by atoms with E-state index in [1.807, 2.05) is 18.2 Å². The summed E-state index contributed by atoms with van der Waals surface area (Å²) in [5, 5.41) is 0. The van der Waals surface area contributed by atoms with Crippen molar-refractivity contribution in [3.63, 3.8) is 0 Å². The molecule has 2 heteroatoms. The molecule has 0 aliphatic heterocycles. The number of para-hydroxylation sites is 2. The highest BCUT2D eigenvalue weighted by Crippen LogP contribution is 2.16. The van der Waals surface area contributed by atoms with Gasteiger partial charge in [-0.1, -0.05) is 35.9 Å². The van der Waals surface area contributed by atoms with Gasteiger partial charge in [-0.3, -0.25) is 0 Å². The van der Waals surface area contributed by atoms with Crippen LogP contribution in [0.4, 0.5) is 0 Å². The molecule has 0 amide bonds. The summed E-state index contributed by atoms with van der Waals surface area (Å²) in [4.78, 5) is 4.30. The van der Waals surface area contributed by atoms with Gasteiger partial charge in [-0.2, -0.15) is 0 Å². The molecule has 1 aromatic heterocycles. The molecule has 0 unspecified atom stereocenters. The molecule has 3 aromatic rings. The van der Waals surface area contributed by atoms with Crippen LogP contribution in [0.1, 0.15) is 16.7 Å². The van der Waals surface area contributed by atoms with Gasteiger partial charge < -0.3 is 4.57 Å². The zero-order chi connectivity index (χ0) is 12.5. The first-order valence-electron chi connectivity index (χ1n) is 6.13. The topological polar surface area (TPSA) is 17.8 Å². The zero-order valence-corrected chi connectivity index (χ0v) is 10.6. The SMILES string of the molecule is Cc1ccc(C)c(Cn2[c]nc3ccccc32)c1. The Morgan fingerprint density at radius 2 is 1.94 bits per heavy atom. The molecule has 0 saturated carbocycles. The third-order valence-electron chi connectivity index (χ3n) is 3.30. The predicted molar refractivity (Wildman–Crippen MR) is 73.6 cm³/mol. The quantitative estimate of drug-likeness (QED) is 0.664. The van der Waals surface area contributed by atoms with Crippen LogP contribution in [0, 0.1) is 20.2 Å². The fourth-order valence-corrected chi connectivity index (χ4v) is 2.22. The highest BCUT2D eigenvalue weighted by Gasteiger charge is 2.05. The molecule has 1 heterocycles. The van der Waals surface area contributed by atoms with Crippen LogP contribution in [-0.4, -0.2) is 9.55 Å². The van der Waals surface area contributed by atoms with Crippen molar-refractivity contribution in [1.82, 2.24) is 9.55 Å². The lowest BCUT2D eigenvalue weighted by Crippen LogP contribution is -2.00. The summed E-state index contributed by atoms with van der Waals surface area (Å²) in [6.07, 6.45) is 3.08. The molecule has 0 aliphatic carbocycles. The van der Waals surface area contributed by atoms with Crippen LogP contribution in [0.25, 0.3) is 11.0 Å². The van der Waals surface area contributed by atoms with Gasteiger partial charge in [-0.05, 0) is 37.1 Å². The summed E-state index contributed by atoms with van der Waals surface area (Å²) < 4.78 is 2.08. The number of aryl methyl sites for hydroxylation is 2. The van der Waals surface area contributed by atoms with Gasteiger partial charge >= 0.3 is 0 Å². The van der Waals surface area contributed by atoms with Gasteiger partial charge in [-0.15, -0.1) is 0 Å². The first-order valence-corrected chi connectivity index (χ1v) is 6.13. The molecule has 0 atom stereocenters. The maximum Gasteiger partial charge on any atom is 0.177 e. The molecule has 0 bridgehead atoms. The Bertz CT molecular complexity index is 695. The van der Waals surface area contributed by atoms with E-state index in [-0.39, 0.29) is 0 Å². The van der Waals surface area contributed by atoms with Crippen LogP contribution in [0.5, 0.6) is 0 Å². The molecule has 0 N–H and O–H groups in total. The van der Waals surface area contributed by atoms with E-state index in [0.29, 0.717) is 0 Å². The third kappa shape index (κ3) is 1.90. The van der Waals surface area contributed by atoms with Crippen molar-refractivity contribution >= 4 is 11.0 Å². The third-order valence-corrected chi connectivity index (χ3v) is 3.30. The average molecular weight is 235 g/mol. The van der Waals surface area contributed by atoms with E-state index in [1.54, 1.807) is 0 Å². The van der Waals surface area contributed by atoms with E-state index in [0.717, 1.165) is 17.6 Å². The molecule has 0 saturated heterocycles. The Labute approximate surface area is 107 Å². The van der Waals surface area contributed by atoms with E-state index in [1.165, 1.54) is 16.7 Å². The summed E-state index contributed by atoms with van der Waals surface area (Å²) in [6, 6.07) is 14.7. The number of hydrogen-bond donors (Lipinski definition) is 0. The lowest BCUT2D eigenvalue weighted by Gasteiger charge is -2.08. The van der Waals surface area contributed by atoms with Crippen molar-refractivity contribution in [2.45, 2.75) is 20.4 Å². The minimum absolute atomic E-state index is 0.827. The van der Waals surface area contributed by atoms with Crippen molar-refractivity contribution in [3.8, 4) is 0 Å². The van der Waals surface area contributed by atoms with Crippen LogP contribution in [0.2, 0.25) is 0 Å². The van der Waals surface area contributed by atoms with Crippen LogP contribution < -0.4 is 0 Å². The Hall–Kier alpha value is -2.09. The second kappa shape index (κ2) is 4.30. The summed E-state index contributed by atoms with van der Waals surface area (Å²) in [5.74, 6) is 0. The summed E-state index contributed by atoms with van der Waals surface area (Å²) in [7, 11) is 0. The molecular formula is C16H15N2. The molecule has 2 aromatic carbocycles. The van der Waals surface area contributed by atoms with Crippen LogP contribution in [-0.2, 0) is 6.54 Å². The fraction of sp³-hybridized carbons (Fsp3) is 0.188. The van der Waals surface area contributed by atoms with E-state index in [4.69, 9.17) is 0 Å². The number of hydrogen-bond acceptors (Lipinski definition) is 1. The van der Waals surface area contributed by atoms with Gasteiger partial charge in [0.2, 0.25) is 0 Å². The normalized spacial score (nSPS) is 11.0. The second-order valence-corrected chi connectivity index (χ2v) is 4.72. The lowest BCUT2D eigenvalue weighted by atomic mass is 10.1. The number of benzene rings is 2. The first-order chi connectivity index (χ1) is 8.74. The Morgan fingerprint density at radius 1 is 1.11 bits per heavy atom. The molecule has 0 spiro atoms. The van der Waals surface area contributed by atoms with E-state index in [2.05, 4.69) is 54.0 Å². The number of fused-ring (bicyclic) bond motifs is 1. The maximum absolute atomic E-state index is 4.30. The molecule has 3 rings (SSSR count). The highest BCUT2D eigenvalue weighted by atomic mass is 15.0. The average Bonchev–Trinajstić information content (AvgIpc) is 2.78. The number of imidazole rings is 1. The van der Waals surface area contributed by atoms with Crippen molar-refractivity contribution < 1.29 is 0 Å². The van der Waals surface area contributed by atoms with E-state index >= 15 is 0 Å². The highest BCUT2D eigenvalue weighted by molar-refractivity contribution is 5.74. The molecule has 0 aliphatic rings. The summed E-state index contributed by atoms with van der Waals surface area (Å²) in [5.41, 5.74) is 6.07. The van der Waals surface area contributed by atoms with E-state index in [9.17, 15) is 0 Å². The predicted octanol–water partition coefficient (Wildman–Crippen LogP) is 3.50. The minimum Gasteiger partial charge on any atom is -0.317 e. The van der Waals surface area contributed by atoms with Gasteiger partial charge in [-0.25, -0.2) is 4.98 Å². The molecule has 2 nitrogen and oxygen atoms in total. The Balaban J connectivity index is 2.04. The smallest absolute Gasteiger partial charge is 0.177 e. The Morgan fingerprint density at radius 3 is 2.83 bits per heavy atom. The van der Waals surface area contributed by atoms with Crippen molar-refractivity contribution in [1.29, 1.82) is 0 Å². The fourth-order valence-electron chi connectivity index (χ4n) is 2.22. The molecule has 1 radical (unpaired) electrons. The van der Waals surface area contributed by atoms with Gasteiger partial charge in [0, 0.05) is 0 Å². The second-order valence-electron chi connectivity index (χ2n) is 4.72. The van der Waals surface area contributed by atoms with Crippen molar-refractivity contribution in [2.75, 3.05) is 0 Å². The van der Waals surface area contributed by atoms with Gasteiger partial charge in [0.1, 0.15) is 0 Å². The van der Waals surface area contributed by atoms with E-state index < -0.39 is 0 Å². The molecule has 0 fully saturated rings. The van der Waals surface area contributed by atoms with Gasteiger partial charge in [0.05, 0.1) is 17.6 Å².